The first-order valence-corrected chi connectivity index (χ1v) is 4.64. The summed E-state index contributed by atoms with van der Waals surface area (Å²) in [4.78, 5) is 9.84. The van der Waals surface area contributed by atoms with Gasteiger partial charge in [-0.25, -0.2) is 4.79 Å². The van der Waals surface area contributed by atoms with Crippen LogP contribution in [0.1, 0.15) is 13.8 Å². The smallest absolute Gasteiger partial charge is 0.329 e. The largest absolute Gasteiger partial charge is 0.466 e. The van der Waals surface area contributed by atoms with E-state index in [-0.39, 0.29) is 13.2 Å². The fourth-order valence-electron chi connectivity index (χ4n) is 0.287. The van der Waals surface area contributed by atoms with Gasteiger partial charge in [0.2, 0.25) is 0 Å². The van der Waals surface area contributed by atoms with Crippen LogP contribution in [0.2, 0.25) is 0 Å². The maximum absolute atomic E-state index is 9.84. The molecule has 5 heteroatoms. The van der Waals surface area contributed by atoms with Crippen LogP contribution < -0.4 is 0 Å². The third-order valence-electron chi connectivity index (χ3n) is 0.876. The van der Waals surface area contributed by atoms with E-state index in [1.807, 2.05) is 13.8 Å². The molecule has 2 N–H and O–H groups in total. The summed E-state index contributed by atoms with van der Waals surface area (Å²) in [5.74, 6) is -0.394. The average molecular weight is 222 g/mol. The molecule has 0 saturated carbocycles. The number of carbonyl (C=O) groups excluding carboxylic acids is 1. The highest BCUT2D eigenvalue weighted by Gasteiger charge is 1.81. The van der Waals surface area contributed by atoms with Crippen molar-refractivity contribution in [1.82, 2.24) is 0 Å². The minimum atomic E-state index is -0.394. The van der Waals surface area contributed by atoms with Crippen molar-refractivity contribution in [2.75, 3.05) is 33.5 Å². The Bertz CT molecular complexity index is 121. The molecular weight excluding hydrogens is 200 g/mol. The number of hydrogen-bond donors (Lipinski definition) is 2. The fourth-order valence-corrected chi connectivity index (χ4v) is 0.287. The molecule has 0 aliphatic heterocycles. The lowest BCUT2D eigenvalue weighted by Crippen LogP contribution is -1.91. The van der Waals surface area contributed by atoms with E-state index in [1.165, 1.54) is 7.11 Å². The quantitative estimate of drug-likeness (QED) is 0.530. The summed E-state index contributed by atoms with van der Waals surface area (Å²) < 4.78 is 8.98. The second kappa shape index (κ2) is 23.2. The zero-order chi connectivity index (χ0) is 12.5. The van der Waals surface area contributed by atoms with E-state index in [9.17, 15) is 4.79 Å². The Morgan fingerprint density at radius 1 is 1.27 bits per heavy atom. The molecule has 15 heavy (non-hydrogen) atoms. The molecule has 0 heterocycles. The van der Waals surface area contributed by atoms with Gasteiger partial charge in [0, 0.05) is 19.3 Å². The normalized spacial score (nSPS) is 7.53. The van der Waals surface area contributed by atoms with E-state index >= 15 is 0 Å². The Hall–Kier alpha value is -0.910. The number of aliphatic hydroxyl groups excluding tert-OH is 2. The van der Waals surface area contributed by atoms with Crippen LogP contribution in [0.25, 0.3) is 0 Å². The Labute approximate surface area is 91.3 Å². The lowest BCUT2D eigenvalue weighted by atomic mass is 10.7. The monoisotopic (exact) mass is 222 g/mol. The lowest BCUT2D eigenvalue weighted by Gasteiger charge is -1.86. The van der Waals surface area contributed by atoms with Crippen molar-refractivity contribution in [2.24, 2.45) is 0 Å². The fraction of sp³-hybridized carbons (Fsp3) is 0.700. The summed E-state index contributed by atoms with van der Waals surface area (Å²) >= 11 is 0. The van der Waals surface area contributed by atoms with Crippen molar-refractivity contribution in [3.05, 3.63) is 12.7 Å². The predicted octanol–water partition coefficient (Wildman–Crippen LogP) is 0.359. The molecule has 0 aromatic carbocycles. The molecule has 0 rings (SSSR count). The maximum atomic E-state index is 9.84. The summed E-state index contributed by atoms with van der Waals surface area (Å²) in [5.41, 5.74) is 0. The first-order chi connectivity index (χ1) is 7.14. The first kappa shape index (κ1) is 19.6. The Balaban J connectivity index is -0.000000147. The van der Waals surface area contributed by atoms with Gasteiger partial charge in [-0.3, -0.25) is 0 Å². The maximum Gasteiger partial charge on any atom is 0.329 e. The van der Waals surface area contributed by atoms with Crippen molar-refractivity contribution >= 4 is 5.97 Å². The van der Waals surface area contributed by atoms with Gasteiger partial charge in [-0.15, -0.1) is 0 Å². The highest BCUT2D eigenvalue weighted by molar-refractivity contribution is 5.80. The number of esters is 1. The van der Waals surface area contributed by atoms with Gasteiger partial charge < -0.3 is 19.7 Å². The number of methoxy groups -OCH3 is 1. The van der Waals surface area contributed by atoms with Gasteiger partial charge >= 0.3 is 5.97 Å². The third kappa shape index (κ3) is 43.4. The number of hydrogen-bond acceptors (Lipinski definition) is 5. The standard InChI is InChI=1S/C4H6O2.C4H10O.C2H6O2/c1-3-4(5)6-2;1-3-5-4-2;3-1-2-4/h3H,1H2,2H3;3-4H2,1-2H3;3-4H,1-2H2. The minimum Gasteiger partial charge on any atom is -0.466 e. The van der Waals surface area contributed by atoms with Gasteiger partial charge in [-0.2, -0.15) is 0 Å². The minimum absolute atomic E-state index is 0.125. The van der Waals surface area contributed by atoms with Crippen molar-refractivity contribution < 1.29 is 24.5 Å². The molecule has 0 atom stereocenters. The highest BCUT2D eigenvalue weighted by atomic mass is 16.5. The number of rotatable bonds is 4. The summed E-state index contributed by atoms with van der Waals surface area (Å²) in [5, 5.41) is 15.2. The molecular formula is C10H22O5. The van der Waals surface area contributed by atoms with Crippen LogP contribution in [0, 0.1) is 0 Å². The second-order valence-electron chi connectivity index (χ2n) is 1.96. The molecule has 0 radical (unpaired) electrons. The van der Waals surface area contributed by atoms with E-state index in [2.05, 4.69) is 11.3 Å². The number of ether oxygens (including phenoxy) is 2. The highest BCUT2D eigenvalue weighted by Crippen LogP contribution is 1.67. The van der Waals surface area contributed by atoms with Gasteiger partial charge in [0.05, 0.1) is 20.3 Å². The summed E-state index contributed by atoms with van der Waals surface area (Å²) in [7, 11) is 1.31. The van der Waals surface area contributed by atoms with E-state index in [0.29, 0.717) is 0 Å². The van der Waals surface area contributed by atoms with Crippen molar-refractivity contribution in [1.29, 1.82) is 0 Å². The van der Waals surface area contributed by atoms with Gasteiger partial charge in [-0.1, -0.05) is 6.58 Å². The number of carbonyl (C=O) groups is 1. The van der Waals surface area contributed by atoms with Crippen LogP contribution in [-0.4, -0.2) is 49.7 Å². The molecule has 0 unspecified atom stereocenters. The van der Waals surface area contributed by atoms with Crippen molar-refractivity contribution in [3.8, 4) is 0 Å². The van der Waals surface area contributed by atoms with Crippen LogP contribution in [0.15, 0.2) is 12.7 Å². The molecule has 0 saturated heterocycles. The van der Waals surface area contributed by atoms with E-state index in [0.717, 1.165) is 19.3 Å². The first-order valence-electron chi connectivity index (χ1n) is 4.64. The van der Waals surface area contributed by atoms with Gasteiger partial charge in [0.15, 0.2) is 0 Å². The Kier molecular flexibility index (Phi) is 30.3. The van der Waals surface area contributed by atoms with Crippen LogP contribution in [-0.2, 0) is 14.3 Å². The van der Waals surface area contributed by atoms with Crippen LogP contribution in [0.4, 0.5) is 0 Å². The molecule has 0 fully saturated rings. The molecule has 0 aliphatic carbocycles. The van der Waals surface area contributed by atoms with E-state index < -0.39 is 5.97 Å². The molecule has 0 aliphatic rings. The molecule has 92 valence electrons. The molecule has 0 bridgehead atoms. The van der Waals surface area contributed by atoms with Gasteiger partial charge in [0.25, 0.3) is 0 Å². The topological polar surface area (TPSA) is 76.0 Å². The number of aliphatic hydroxyl groups is 2. The van der Waals surface area contributed by atoms with Gasteiger partial charge in [0.1, 0.15) is 0 Å². The van der Waals surface area contributed by atoms with E-state index in [1.54, 1.807) is 0 Å². The molecule has 0 aromatic heterocycles. The van der Waals surface area contributed by atoms with Crippen LogP contribution in [0.5, 0.6) is 0 Å². The Morgan fingerprint density at radius 3 is 1.67 bits per heavy atom. The summed E-state index contributed by atoms with van der Waals surface area (Å²) in [6.45, 7) is 8.57. The van der Waals surface area contributed by atoms with Crippen LogP contribution in [0.3, 0.4) is 0 Å². The molecule has 0 amide bonds. The van der Waals surface area contributed by atoms with Crippen molar-refractivity contribution in [3.63, 3.8) is 0 Å². The summed E-state index contributed by atoms with van der Waals surface area (Å²) in [6, 6.07) is 0. The summed E-state index contributed by atoms with van der Waals surface area (Å²) in [6.07, 6.45) is 1.11. The zero-order valence-corrected chi connectivity index (χ0v) is 9.73. The third-order valence-corrected chi connectivity index (χ3v) is 0.876. The van der Waals surface area contributed by atoms with Crippen LogP contribution >= 0.6 is 0 Å². The molecule has 0 aromatic rings. The Morgan fingerprint density at radius 2 is 1.67 bits per heavy atom. The lowest BCUT2D eigenvalue weighted by molar-refractivity contribution is -0.134. The SMILES string of the molecule is C=CC(=O)OC.CCOCC.OCCO. The predicted molar refractivity (Wildman–Crippen MR) is 58.6 cm³/mol. The molecule has 0 spiro atoms. The zero-order valence-electron chi connectivity index (χ0n) is 9.73. The second-order valence-corrected chi connectivity index (χ2v) is 1.96. The molecule has 5 nitrogen and oxygen atoms in total. The van der Waals surface area contributed by atoms with Gasteiger partial charge in [-0.05, 0) is 13.8 Å². The average Bonchev–Trinajstić information content (AvgIpc) is 2.30. The van der Waals surface area contributed by atoms with E-state index in [4.69, 9.17) is 14.9 Å². The van der Waals surface area contributed by atoms with Crippen molar-refractivity contribution in [2.45, 2.75) is 13.8 Å².